The smallest absolute Gasteiger partial charge is 0.257 e. The normalized spacial score (nSPS) is 18.7. The van der Waals surface area contributed by atoms with Crippen molar-refractivity contribution in [3.63, 3.8) is 0 Å². The lowest BCUT2D eigenvalue weighted by Gasteiger charge is -2.25. The molecule has 1 amide bonds. The molecule has 0 spiro atoms. The fourth-order valence-corrected chi connectivity index (χ4v) is 4.42. The third kappa shape index (κ3) is 4.77. The first-order valence-corrected chi connectivity index (χ1v) is 11.5. The van der Waals surface area contributed by atoms with Crippen molar-refractivity contribution in [2.24, 2.45) is 0 Å². The molecule has 0 bridgehead atoms. The molecule has 2 aliphatic rings. The third-order valence-electron chi connectivity index (χ3n) is 6.22. The number of rotatable bonds is 6. The number of carbonyl (C=O) groups is 1. The van der Waals surface area contributed by atoms with E-state index in [2.05, 4.69) is 35.8 Å². The lowest BCUT2D eigenvalue weighted by atomic mass is 10.1. The van der Waals surface area contributed by atoms with Gasteiger partial charge in [-0.3, -0.25) is 9.89 Å². The van der Waals surface area contributed by atoms with E-state index in [0.29, 0.717) is 36.5 Å². The fourth-order valence-electron chi connectivity index (χ4n) is 4.42. The molecule has 12 heteroatoms. The van der Waals surface area contributed by atoms with Gasteiger partial charge in [-0.2, -0.15) is 14.5 Å². The highest BCUT2D eigenvalue weighted by Gasteiger charge is 2.42. The van der Waals surface area contributed by atoms with E-state index in [-0.39, 0.29) is 29.3 Å². The summed E-state index contributed by atoms with van der Waals surface area (Å²) in [5.74, 6) is -2.74. The zero-order valence-corrected chi connectivity index (χ0v) is 19.3. The summed E-state index contributed by atoms with van der Waals surface area (Å²) in [4.78, 5) is 27.3. The average Bonchev–Trinajstić information content (AvgIpc) is 3.52. The molecule has 1 atom stereocenters. The number of carbonyl (C=O) groups excluding carboxylic acids is 1. The molecule has 9 nitrogen and oxygen atoms in total. The molecule has 5 rings (SSSR count). The SMILES string of the molecule is CC(C)c1cc(Nc2nc(N3CCC[C@H]3C(=O)Nc3ccc(F)nc3)nc3c2CC(F)(F)C3)n[nH]1. The first-order valence-electron chi connectivity index (χ1n) is 11.5. The van der Waals surface area contributed by atoms with Crippen molar-refractivity contribution in [1.82, 2.24) is 25.1 Å². The van der Waals surface area contributed by atoms with Gasteiger partial charge in [0.2, 0.25) is 17.8 Å². The van der Waals surface area contributed by atoms with Crippen molar-refractivity contribution in [3.05, 3.63) is 47.3 Å². The van der Waals surface area contributed by atoms with Gasteiger partial charge in [-0.05, 0) is 30.9 Å². The molecule has 0 aromatic carbocycles. The van der Waals surface area contributed by atoms with Crippen molar-refractivity contribution in [3.8, 4) is 0 Å². The predicted molar refractivity (Wildman–Crippen MR) is 124 cm³/mol. The first kappa shape index (κ1) is 23.1. The van der Waals surface area contributed by atoms with Gasteiger partial charge < -0.3 is 15.5 Å². The first-order chi connectivity index (χ1) is 16.7. The second kappa shape index (κ2) is 8.82. The van der Waals surface area contributed by atoms with Crippen LogP contribution >= 0.6 is 0 Å². The van der Waals surface area contributed by atoms with Crippen LogP contribution in [0.5, 0.6) is 0 Å². The average molecular weight is 487 g/mol. The molecule has 1 fully saturated rings. The number of nitrogens with one attached hydrogen (secondary N) is 3. The maximum Gasteiger partial charge on any atom is 0.257 e. The molecule has 3 N–H and O–H groups in total. The van der Waals surface area contributed by atoms with E-state index in [1.807, 2.05) is 19.9 Å². The molecule has 184 valence electrons. The lowest BCUT2D eigenvalue weighted by molar-refractivity contribution is -0.117. The number of alkyl halides is 2. The number of aromatic nitrogens is 5. The van der Waals surface area contributed by atoms with Gasteiger partial charge in [-0.25, -0.2) is 18.7 Å². The Morgan fingerprint density at radius 1 is 1.26 bits per heavy atom. The second-order valence-corrected chi connectivity index (χ2v) is 9.21. The highest BCUT2D eigenvalue weighted by Crippen LogP contribution is 2.39. The highest BCUT2D eigenvalue weighted by molar-refractivity contribution is 5.96. The Balaban J connectivity index is 1.44. The van der Waals surface area contributed by atoms with Gasteiger partial charge in [0.1, 0.15) is 11.9 Å². The molecule has 1 aliphatic carbocycles. The molecule has 0 unspecified atom stereocenters. The number of amides is 1. The Morgan fingerprint density at radius 3 is 2.80 bits per heavy atom. The Hall–Kier alpha value is -3.70. The lowest BCUT2D eigenvalue weighted by Crippen LogP contribution is -2.40. The molecule has 1 aliphatic heterocycles. The van der Waals surface area contributed by atoms with Crippen molar-refractivity contribution in [2.75, 3.05) is 22.1 Å². The predicted octanol–water partition coefficient (Wildman–Crippen LogP) is 3.94. The van der Waals surface area contributed by atoms with Crippen molar-refractivity contribution >= 4 is 29.2 Å². The van der Waals surface area contributed by atoms with Crippen LogP contribution in [0.15, 0.2) is 24.4 Å². The summed E-state index contributed by atoms with van der Waals surface area (Å²) >= 11 is 0. The summed E-state index contributed by atoms with van der Waals surface area (Å²) in [6.07, 6.45) is 1.52. The van der Waals surface area contributed by atoms with Crippen molar-refractivity contribution in [1.29, 1.82) is 0 Å². The topological polar surface area (TPSA) is 112 Å². The minimum Gasteiger partial charge on any atom is -0.329 e. The molecular formula is C23H25F3N8O. The Kier molecular flexibility index (Phi) is 5.81. The second-order valence-electron chi connectivity index (χ2n) is 9.21. The van der Waals surface area contributed by atoms with Crippen LogP contribution in [0.2, 0.25) is 0 Å². The summed E-state index contributed by atoms with van der Waals surface area (Å²) in [7, 11) is 0. The van der Waals surface area contributed by atoms with Crippen LogP contribution in [0.1, 0.15) is 49.6 Å². The number of hydrogen-bond acceptors (Lipinski definition) is 7. The Bertz CT molecular complexity index is 1240. The highest BCUT2D eigenvalue weighted by atomic mass is 19.3. The molecule has 0 saturated carbocycles. The van der Waals surface area contributed by atoms with Gasteiger partial charge in [0.15, 0.2) is 5.82 Å². The van der Waals surface area contributed by atoms with Crippen molar-refractivity contribution in [2.45, 2.75) is 57.4 Å². The van der Waals surface area contributed by atoms with Crippen molar-refractivity contribution < 1.29 is 18.0 Å². The van der Waals surface area contributed by atoms with Crippen LogP contribution in [0.25, 0.3) is 0 Å². The van der Waals surface area contributed by atoms with E-state index < -0.39 is 30.8 Å². The molecule has 0 radical (unpaired) electrons. The van der Waals surface area contributed by atoms with E-state index in [1.165, 1.54) is 12.3 Å². The van der Waals surface area contributed by atoms with Gasteiger partial charge in [0.05, 0.1) is 24.0 Å². The third-order valence-corrected chi connectivity index (χ3v) is 6.22. The Morgan fingerprint density at radius 2 is 2.09 bits per heavy atom. The largest absolute Gasteiger partial charge is 0.329 e. The number of hydrogen-bond donors (Lipinski definition) is 3. The molecule has 3 aromatic rings. The molecule has 4 heterocycles. The zero-order valence-electron chi connectivity index (χ0n) is 19.3. The van der Waals surface area contributed by atoms with Gasteiger partial charge in [-0.15, -0.1) is 0 Å². The molecule has 3 aromatic heterocycles. The van der Waals surface area contributed by atoms with Gasteiger partial charge in [-0.1, -0.05) is 13.8 Å². The van der Waals surface area contributed by atoms with E-state index in [1.54, 1.807) is 4.90 Å². The minimum absolute atomic E-state index is 0.207. The number of aromatic amines is 1. The number of fused-ring (bicyclic) bond motifs is 1. The van der Waals surface area contributed by atoms with Gasteiger partial charge in [0.25, 0.3) is 5.92 Å². The number of halogens is 3. The van der Waals surface area contributed by atoms with Crippen LogP contribution in [0, 0.1) is 5.95 Å². The molecular weight excluding hydrogens is 461 g/mol. The quantitative estimate of drug-likeness (QED) is 0.453. The number of anilines is 4. The monoisotopic (exact) mass is 486 g/mol. The summed E-state index contributed by atoms with van der Waals surface area (Å²) < 4.78 is 41.7. The van der Waals surface area contributed by atoms with E-state index in [9.17, 15) is 18.0 Å². The minimum atomic E-state index is -2.92. The maximum absolute atomic E-state index is 14.3. The van der Waals surface area contributed by atoms with E-state index >= 15 is 0 Å². The maximum atomic E-state index is 14.3. The summed E-state index contributed by atoms with van der Waals surface area (Å²) in [6.45, 7) is 4.52. The fraction of sp³-hybridized carbons (Fsp3) is 0.435. The number of H-pyrrole nitrogens is 1. The van der Waals surface area contributed by atoms with Crippen LogP contribution in [0.4, 0.5) is 36.4 Å². The van der Waals surface area contributed by atoms with Gasteiger partial charge in [0, 0.05) is 30.3 Å². The van der Waals surface area contributed by atoms with Gasteiger partial charge >= 0.3 is 0 Å². The van der Waals surface area contributed by atoms with E-state index in [4.69, 9.17) is 0 Å². The zero-order chi connectivity index (χ0) is 24.7. The van der Waals surface area contributed by atoms with Crippen LogP contribution in [-0.2, 0) is 17.6 Å². The number of pyridine rings is 1. The number of nitrogens with zero attached hydrogens (tertiary/aromatic N) is 5. The summed E-state index contributed by atoms with van der Waals surface area (Å²) in [5, 5.41) is 13.0. The molecule has 1 saturated heterocycles. The van der Waals surface area contributed by atoms with Crippen LogP contribution < -0.4 is 15.5 Å². The molecule has 35 heavy (non-hydrogen) atoms. The summed E-state index contributed by atoms with van der Waals surface area (Å²) in [5.41, 5.74) is 1.87. The Labute approximate surface area is 199 Å². The van der Waals surface area contributed by atoms with Crippen LogP contribution in [-0.4, -0.2) is 49.6 Å². The van der Waals surface area contributed by atoms with E-state index in [0.717, 1.165) is 11.8 Å². The summed E-state index contributed by atoms with van der Waals surface area (Å²) in [6, 6.07) is 3.79. The standard InChI is InChI=1S/C23H25F3N8O/c1-12(2)15-8-19(33-32-15)30-20-14-9-23(25,26)10-16(14)29-22(31-20)34-7-3-4-17(34)21(35)28-13-5-6-18(24)27-11-13/h5-6,8,11-12,17H,3-4,7,9-10H2,1-2H3,(H,28,35)(H2,29,30,31,32,33)/t17-/m0/s1. The van der Waals surface area contributed by atoms with Crippen LogP contribution in [0.3, 0.4) is 0 Å².